The normalized spacial score (nSPS) is 9.72. The number of nitrogens with zero attached hydrogens (tertiary/aromatic N) is 12. The molecule has 24 nitrogen and oxygen atoms in total. The van der Waals surface area contributed by atoms with Crippen LogP contribution in [0.25, 0.3) is 11.1 Å². The fourth-order valence-electron chi connectivity index (χ4n) is 12.1. The lowest BCUT2D eigenvalue weighted by Crippen LogP contribution is -1.94. The fraction of sp³-hybridized carbons (Fsp3) is 0.125. The molecule has 588 valence electrons. The lowest BCUT2D eigenvalue weighted by Gasteiger charge is -2.12. The van der Waals surface area contributed by atoms with Gasteiger partial charge in [0.1, 0.15) is 0 Å². The molecule has 120 heavy (non-hydrogen) atoms. The summed E-state index contributed by atoms with van der Waals surface area (Å²) in [5, 5.41) is 0. The van der Waals surface area contributed by atoms with Gasteiger partial charge in [0.2, 0.25) is 73.0 Å². The Bertz CT molecular complexity index is 6020. The Morgan fingerprint density at radius 2 is 0.475 bits per heavy atom. The molecular formula is C96H72N12O12. The highest BCUT2D eigenvalue weighted by molar-refractivity contribution is 5.75. The van der Waals surface area contributed by atoms with Crippen molar-refractivity contribution in [1.82, 2.24) is 0 Å². The zero-order chi connectivity index (χ0) is 86.4. The minimum absolute atomic E-state index is 0.193. The largest absolute Gasteiger partial charge is 0.240 e. The highest BCUT2D eigenvalue weighted by atomic mass is 16.1. The van der Waals surface area contributed by atoms with E-state index < -0.39 is 0 Å². The molecule has 0 fully saturated rings. The summed E-state index contributed by atoms with van der Waals surface area (Å²) in [6, 6.07) is 78.0. The number of para-hydroxylation sites is 2. The Morgan fingerprint density at radius 1 is 0.208 bits per heavy atom. The minimum Gasteiger partial charge on any atom is -0.211 e. The number of hydrogen-bond acceptors (Lipinski definition) is 24. The van der Waals surface area contributed by atoms with Gasteiger partial charge in [-0.15, -0.1) is 0 Å². The maximum atomic E-state index is 10.4. The Hall–Kier alpha value is -16.8. The second kappa shape index (κ2) is 49.0. The lowest BCUT2D eigenvalue weighted by atomic mass is 9.93. The van der Waals surface area contributed by atoms with Gasteiger partial charge in [-0.05, 0) is 276 Å². The van der Waals surface area contributed by atoms with Crippen molar-refractivity contribution in [3.05, 3.63) is 344 Å². The maximum Gasteiger partial charge on any atom is 0.240 e. The van der Waals surface area contributed by atoms with E-state index >= 15 is 0 Å². The Balaban J connectivity index is 0.000000198. The molecule has 0 spiro atoms. The van der Waals surface area contributed by atoms with Crippen molar-refractivity contribution in [3.63, 3.8) is 0 Å². The van der Waals surface area contributed by atoms with Crippen molar-refractivity contribution in [2.75, 3.05) is 0 Å². The molecule has 0 saturated heterocycles. The third-order valence-corrected chi connectivity index (χ3v) is 18.1. The van der Waals surface area contributed by atoms with E-state index in [1.54, 1.807) is 121 Å². The van der Waals surface area contributed by atoms with Gasteiger partial charge in [-0.3, -0.25) is 0 Å². The summed E-state index contributed by atoms with van der Waals surface area (Å²) in [6.07, 6.45) is 21.2. The maximum absolute atomic E-state index is 10.4. The number of aliphatic imine (C=N–C) groups is 12. The highest BCUT2D eigenvalue weighted by Crippen LogP contribution is 2.34. The molecule has 0 aliphatic heterocycles. The van der Waals surface area contributed by atoms with E-state index in [1.807, 2.05) is 199 Å². The molecule has 0 atom stereocenters. The third kappa shape index (κ3) is 29.0. The lowest BCUT2D eigenvalue weighted by molar-refractivity contribution is 0.564. The number of hydrogen-bond donors (Lipinski definition) is 0. The number of carbonyl (C=O) groups excluding carboxylic acids is 12. The van der Waals surface area contributed by atoms with Gasteiger partial charge in [-0.1, -0.05) is 146 Å². The van der Waals surface area contributed by atoms with Crippen LogP contribution in [0.3, 0.4) is 0 Å². The summed E-state index contributed by atoms with van der Waals surface area (Å²) in [7, 11) is 0. The first-order valence-corrected chi connectivity index (χ1v) is 36.4. The van der Waals surface area contributed by atoms with Gasteiger partial charge < -0.3 is 0 Å². The molecule has 0 aliphatic rings. The topological polar surface area (TPSA) is 353 Å². The predicted octanol–water partition coefficient (Wildman–Crippen LogP) is 21.8. The van der Waals surface area contributed by atoms with Crippen LogP contribution in [-0.4, -0.2) is 73.0 Å². The van der Waals surface area contributed by atoms with Gasteiger partial charge in [-0.2, -0.15) is 59.9 Å². The summed E-state index contributed by atoms with van der Waals surface area (Å²) in [6.45, 7) is 13.7. The van der Waals surface area contributed by atoms with Crippen molar-refractivity contribution in [3.8, 4) is 11.1 Å². The molecule has 0 aromatic heterocycles. The molecule has 0 saturated carbocycles. The van der Waals surface area contributed by atoms with Crippen LogP contribution in [0.15, 0.2) is 315 Å². The third-order valence-electron chi connectivity index (χ3n) is 18.1. The first kappa shape index (κ1) is 90.4. The van der Waals surface area contributed by atoms with Crippen LogP contribution in [-0.2, 0) is 83.2 Å². The summed E-state index contributed by atoms with van der Waals surface area (Å²) in [5.41, 5.74) is 25.9. The van der Waals surface area contributed by atoms with Crippen LogP contribution >= 0.6 is 0 Å². The van der Waals surface area contributed by atoms with Gasteiger partial charge in [-0.25, -0.2) is 57.5 Å². The smallest absolute Gasteiger partial charge is 0.211 e. The van der Waals surface area contributed by atoms with E-state index in [0.717, 1.165) is 119 Å². The van der Waals surface area contributed by atoms with Crippen molar-refractivity contribution in [2.24, 2.45) is 59.9 Å². The first-order valence-electron chi connectivity index (χ1n) is 36.4. The molecular weight excluding hydrogens is 1510 g/mol. The van der Waals surface area contributed by atoms with Crippen LogP contribution in [0.5, 0.6) is 0 Å². The minimum atomic E-state index is 0.193. The van der Waals surface area contributed by atoms with E-state index in [4.69, 9.17) is 0 Å². The van der Waals surface area contributed by atoms with E-state index in [9.17, 15) is 57.5 Å². The molecule has 0 heterocycles. The molecule has 0 N–H and O–H groups in total. The molecule has 0 unspecified atom stereocenters. The Morgan fingerprint density at radius 3 is 0.800 bits per heavy atom. The van der Waals surface area contributed by atoms with Gasteiger partial charge in [0, 0.05) is 12.3 Å². The number of benzene rings is 12. The van der Waals surface area contributed by atoms with Crippen LogP contribution in [0.1, 0.15) is 102 Å². The molecule has 0 bridgehead atoms. The average molecular weight is 1590 g/mol. The number of isocyanates is 12. The van der Waals surface area contributed by atoms with Crippen LogP contribution < -0.4 is 0 Å². The Labute approximate surface area is 690 Å². The van der Waals surface area contributed by atoms with Crippen molar-refractivity contribution < 1.29 is 57.5 Å². The first-order chi connectivity index (χ1) is 58.3. The second-order valence-electron chi connectivity index (χ2n) is 26.1. The van der Waals surface area contributed by atoms with E-state index in [-0.39, 0.29) is 5.92 Å². The van der Waals surface area contributed by atoms with Gasteiger partial charge in [0.15, 0.2) is 0 Å². The second-order valence-corrected chi connectivity index (χ2v) is 26.1. The Kier molecular flexibility index (Phi) is 36.9. The highest BCUT2D eigenvalue weighted by Gasteiger charge is 2.12. The summed E-state index contributed by atoms with van der Waals surface area (Å²) >= 11 is 0. The zero-order valence-corrected chi connectivity index (χ0v) is 65.9. The SMILES string of the molecule is CC(c1ccc(N=C=O)cc1)c1ccc(N=C=O)cc1.Cc1cc(Cc2ccc(N=C=O)c(C)c2)ccc1N=C=O.Cc1cc(Cc2ccc(N=C=O)cc2)ccc1N=C=O.Cc1cc(N=C=O)ccc1-c1ccc(N=C=O)cc1C.Cc1ccc(N=C=O)cc1Cc1ccc(N=C=O)cc1.O=C=Nc1ccccc1Cc1ccccc1N=C=O. The molecule has 24 heteroatoms. The quantitative estimate of drug-likeness (QED) is 0.0426. The molecule has 0 amide bonds. The van der Waals surface area contributed by atoms with Gasteiger partial charge in [0.05, 0.1) is 68.2 Å². The summed E-state index contributed by atoms with van der Waals surface area (Å²) in [4.78, 5) is 166. The molecule has 12 aromatic rings. The van der Waals surface area contributed by atoms with Gasteiger partial charge in [0.25, 0.3) is 0 Å². The van der Waals surface area contributed by atoms with Crippen molar-refractivity contribution in [1.29, 1.82) is 0 Å². The van der Waals surface area contributed by atoms with Gasteiger partial charge >= 0.3 is 0 Å². The molecule has 0 aliphatic carbocycles. The molecule has 12 rings (SSSR count). The standard InChI is InChI=1S/C17H14N2O2.4C16H12N2O2.C15H10N2O2/c1-12-7-14(3-5-16(12)18-10-20)9-15-4-6-17(19-11-21)13(2)8-15;1-12(13-2-6-15(7-3-13)17-10-19)14-4-8-16(9-5-14)18-11-20;1-11-7-13(17-9-19)3-5-15(11)16-6-4-14(18-10-20)8-12(16)2;1-12-8-14(4-7-16(12)18-11-20)9-13-2-5-15(6-3-13)17-10-19;1-12-2-5-16(18-11-20)9-14(12)8-13-3-6-15(7-4-13)17-10-19;18-10-16-14-7-3-1-5-12(14)9-13-6-2-4-8-15(13)17-11-19/h3-8H,9H2,1-2H3;2-9,12H,1H3;3-8H,1-2H3;2-8H,9H2,1H3;2-7,9H,8H2,1H3;1-8H,9H2. The molecule has 0 radical (unpaired) electrons. The van der Waals surface area contributed by atoms with E-state index in [0.29, 0.717) is 74.7 Å². The summed E-state index contributed by atoms with van der Waals surface area (Å²) in [5.74, 6) is 0.193. The fourth-order valence-corrected chi connectivity index (χ4v) is 12.1. The van der Waals surface area contributed by atoms with Crippen molar-refractivity contribution >= 4 is 141 Å². The van der Waals surface area contributed by atoms with E-state index in [2.05, 4.69) is 66.8 Å². The van der Waals surface area contributed by atoms with Crippen molar-refractivity contribution in [2.45, 2.75) is 80.1 Å². The zero-order valence-electron chi connectivity index (χ0n) is 65.9. The number of rotatable bonds is 23. The number of aryl methyl sites for hydroxylation is 6. The predicted molar refractivity (Wildman–Crippen MR) is 457 cm³/mol. The van der Waals surface area contributed by atoms with E-state index in [1.165, 1.54) is 48.6 Å². The molecule has 12 aromatic carbocycles. The summed E-state index contributed by atoms with van der Waals surface area (Å²) < 4.78 is 0. The van der Waals surface area contributed by atoms with Crippen LogP contribution in [0.2, 0.25) is 0 Å². The average Bonchev–Trinajstić information content (AvgIpc) is 0.815. The van der Waals surface area contributed by atoms with Crippen LogP contribution in [0.4, 0.5) is 68.2 Å². The monoisotopic (exact) mass is 1580 g/mol. The van der Waals surface area contributed by atoms with Crippen LogP contribution in [0, 0.1) is 41.5 Å².